The van der Waals surface area contributed by atoms with Crippen molar-refractivity contribution in [3.05, 3.63) is 46.1 Å². The lowest BCUT2D eigenvalue weighted by molar-refractivity contribution is -0.119. The fourth-order valence-corrected chi connectivity index (χ4v) is 2.32. The zero-order valence-corrected chi connectivity index (χ0v) is 15.1. The van der Waals surface area contributed by atoms with E-state index in [9.17, 15) is 4.79 Å². The fraction of sp³-hybridized carbons (Fsp3) is 0.333. The molecule has 0 aliphatic heterocycles. The van der Waals surface area contributed by atoms with Gasteiger partial charge in [0.15, 0.2) is 0 Å². The highest BCUT2D eigenvalue weighted by atomic mass is 35.5. The lowest BCUT2D eigenvalue weighted by Crippen LogP contribution is -2.34. The van der Waals surface area contributed by atoms with Gasteiger partial charge in [0.1, 0.15) is 5.82 Å². The molecule has 0 fully saturated rings. The number of nitrogens with one attached hydrogen (secondary N) is 1. The normalized spacial score (nSPS) is 13.1. The number of carbonyl (C=O) groups is 1. The number of carbonyl (C=O) groups excluding carboxylic acids is 1. The highest BCUT2D eigenvalue weighted by molar-refractivity contribution is 6.35. The third-order valence-electron chi connectivity index (χ3n) is 3.51. The Morgan fingerprint density at radius 2 is 2.04 bits per heavy atom. The Morgan fingerprint density at radius 1 is 1.35 bits per heavy atom. The number of anilines is 1. The lowest BCUT2D eigenvalue weighted by Gasteiger charge is -2.16. The average Bonchev–Trinajstić information content (AvgIpc) is 2.88. The summed E-state index contributed by atoms with van der Waals surface area (Å²) >= 11 is 12.1. The van der Waals surface area contributed by atoms with Crippen LogP contribution in [0.25, 0.3) is 0 Å². The Balaban J connectivity index is 0.00000264. The van der Waals surface area contributed by atoms with Crippen molar-refractivity contribution >= 4 is 47.3 Å². The maximum atomic E-state index is 12.1. The van der Waals surface area contributed by atoms with Gasteiger partial charge in [-0.05, 0) is 24.6 Å². The van der Waals surface area contributed by atoms with E-state index in [4.69, 9.17) is 28.9 Å². The van der Waals surface area contributed by atoms with Crippen LogP contribution in [-0.4, -0.2) is 21.7 Å². The summed E-state index contributed by atoms with van der Waals surface area (Å²) in [5, 5.41) is 8.18. The van der Waals surface area contributed by atoms with Crippen molar-refractivity contribution in [1.82, 2.24) is 9.78 Å². The molecule has 0 saturated heterocycles. The number of rotatable bonds is 5. The number of halogens is 3. The molecule has 0 spiro atoms. The molecule has 126 valence electrons. The summed E-state index contributed by atoms with van der Waals surface area (Å²) in [4.78, 5) is 12.1. The van der Waals surface area contributed by atoms with Crippen molar-refractivity contribution in [3.8, 4) is 0 Å². The molecule has 8 heteroatoms. The Morgan fingerprint density at radius 3 is 2.65 bits per heavy atom. The van der Waals surface area contributed by atoms with Gasteiger partial charge in [0, 0.05) is 22.2 Å². The molecule has 5 nitrogen and oxygen atoms in total. The molecule has 0 saturated carbocycles. The van der Waals surface area contributed by atoms with Crippen LogP contribution >= 0.6 is 35.6 Å². The minimum absolute atomic E-state index is 0. The van der Waals surface area contributed by atoms with Crippen molar-refractivity contribution < 1.29 is 4.79 Å². The molecule has 1 amide bonds. The van der Waals surface area contributed by atoms with Crippen LogP contribution in [0.15, 0.2) is 30.5 Å². The smallest absolute Gasteiger partial charge is 0.229 e. The minimum Gasteiger partial charge on any atom is -0.327 e. The van der Waals surface area contributed by atoms with Crippen LogP contribution in [0.5, 0.6) is 0 Å². The van der Waals surface area contributed by atoms with E-state index >= 15 is 0 Å². The summed E-state index contributed by atoms with van der Waals surface area (Å²) < 4.78 is 1.67. The maximum absolute atomic E-state index is 12.1. The summed E-state index contributed by atoms with van der Waals surface area (Å²) in [6.07, 6.45) is 1.62. The molecule has 23 heavy (non-hydrogen) atoms. The van der Waals surface area contributed by atoms with Crippen LogP contribution in [0.3, 0.4) is 0 Å². The molecule has 2 unspecified atom stereocenters. The zero-order chi connectivity index (χ0) is 16.3. The highest BCUT2D eigenvalue weighted by Gasteiger charge is 2.18. The van der Waals surface area contributed by atoms with E-state index in [0.717, 1.165) is 5.56 Å². The predicted octanol–water partition coefficient (Wildman–Crippen LogP) is 3.58. The van der Waals surface area contributed by atoms with E-state index in [1.807, 2.05) is 6.07 Å². The summed E-state index contributed by atoms with van der Waals surface area (Å²) in [5.41, 5.74) is 6.61. The number of amides is 1. The molecule has 3 N–H and O–H groups in total. The quantitative estimate of drug-likeness (QED) is 0.836. The van der Waals surface area contributed by atoms with E-state index in [1.54, 1.807) is 42.9 Å². The topological polar surface area (TPSA) is 72.9 Å². The number of benzene rings is 1. The molecule has 1 aromatic carbocycles. The number of aromatic nitrogens is 2. The summed E-state index contributed by atoms with van der Waals surface area (Å²) in [7, 11) is 0. The third kappa shape index (κ3) is 5.11. The van der Waals surface area contributed by atoms with Crippen LogP contribution < -0.4 is 11.1 Å². The predicted molar refractivity (Wildman–Crippen MR) is 96.5 cm³/mol. The van der Waals surface area contributed by atoms with Crippen molar-refractivity contribution in [2.45, 2.75) is 26.4 Å². The zero-order valence-electron chi connectivity index (χ0n) is 12.8. The molecule has 0 aliphatic carbocycles. The first kappa shape index (κ1) is 19.8. The molecule has 0 bridgehead atoms. The van der Waals surface area contributed by atoms with Gasteiger partial charge in [-0.15, -0.1) is 12.4 Å². The number of nitrogens with zero attached hydrogens (tertiary/aromatic N) is 2. The van der Waals surface area contributed by atoms with Crippen molar-refractivity contribution in [1.29, 1.82) is 0 Å². The Bertz CT molecular complexity index is 672. The molecular weight excluding hydrogens is 359 g/mol. The lowest BCUT2D eigenvalue weighted by atomic mass is 10.0. The first-order chi connectivity index (χ1) is 10.4. The maximum Gasteiger partial charge on any atom is 0.229 e. The Kier molecular flexibility index (Phi) is 7.35. The number of hydrogen-bond acceptors (Lipinski definition) is 3. The first-order valence-corrected chi connectivity index (χ1v) is 7.66. The van der Waals surface area contributed by atoms with Gasteiger partial charge in [0.25, 0.3) is 0 Å². The van der Waals surface area contributed by atoms with Crippen LogP contribution in [0.1, 0.15) is 19.4 Å². The molecule has 1 aromatic heterocycles. The third-order valence-corrected chi connectivity index (χ3v) is 4.09. The largest absolute Gasteiger partial charge is 0.327 e. The van der Waals surface area contributed by atoms with E-state index < -0.39 is 0 Å². The second-order valence-corrected chi connectivity index (χ2v) is 6.09. The van der Waals surface area contributed by atoms with Crippen LogP contribution in [-0.2, 0) is 11.3 Å². The Hall–Kier alpha value is -1.27. The minimum atomic E-state index is -0.289. The van der Waals surface area contributed by atoms with Crippen molar-refractivity contribution in [2.75, 3.05) is 5.32 Å². The van der Waals surface area contributed by atoms with Gasteiger partial charge >= 0.3 is 0 Å². The van der Waals surface area contributed by atoms with Crippen LogP contribution in [0, 0.1) is 5.92 Å². The summed E-state index contributed by atoms with van der Waals surface area (Å²) in [6, 6.07) is 6.79. The van der Waals surface area contributed by atoms with Crippen molar-refractivity contribution in [3.63, 3.8) is 0 Å². The van der Waals surface area contributed by atoms with Crippen molar-refractivity contribution in [2.24, 2.45) is 11.7 Å². The molecule has 0 aliphatic rings. The second kappa shape index (κ2) is 8.55. The molecule has 1 heterocycles. The summed E-state index contributed by atoms with van der Waals surface area (Å²) in [5.74, 6) is 0.171. The second-order valence-electron chi connectivity index (χ2n) is 5.25. The van der Waals surface area contributed by atoms with E-state index in [0.29, 0.717) is 22.4 Å². The SMILES string of the molecule is CC(N)C(C)C(=O)Nc1ccnn1Cc1ccc(Cl)cc1Cl.Cl. The van der Waals surface area contributed by atoms with Gasteiger partial charge < -0.3 is 11.1 Å². The van der Waals surface area contributed by atoms with Crippen LogP contribution in [0.4, 0.5) is 5.82 Å². The standard InChI is InChI=1S/C15H18Cl2N4O.ClH/c1-9(10(2)18)15(22)20-14-5-6-19-21(14)8-11-3-4-12(16)7-13(11)17;/h3-7,9-10H,8,18H2,1-2H3,(H,20,22);1H. The van der Waals surface area contributed by atoms with E-state index in [1.165, 1.54) is 0 Å². The van der Waals surface area contributed by atoms with Gasteiger partial charge in [0.2, 0.25) is 5.91 Å². The first-order valence-electron chi connectivity index (χ1n) is 6.90. The Labute approximate surface area is 151 Å². The summed E-state index contributed by atoms with van der Waals surface area (Å²) in [6.45, 7) is 4.02. The van der Waals surface area contributed by atoms with E-state index in [-0.39, 0.29) is 30.3 Å². The number of hydrogen-bond donors (Lipinski definition) is 2. The van der Waals surface area contributed by atoms with E-state index in [2.05, 4.69) is 10.4 Å². The molecule has 2 aromatic rings. The van der Waals surface area contributed by atoms with Gasteiger partial charge in [-0.1, -0.05) is 36.2 Å². The molecule has 0 radical (unpaired) electrons. The fourth-order valence-electron chi connectivity index (χ4n) is 1.85. The van der Waals surface area contributed by atoms with Gasteiger partial charge in [-0.2, -0.15) is 5.10 Å². The van der Waals surface area contributed by atoms with Gasteiger partial charge in [-0.3, -0.25) is 4.79 Å². The van der Waals surface area contributed by atoms with Gasteiger partial charge in [0.05, 0.1) is 18.7 Å². The van der Waals surface area contributed by atoms with Crippen LogP contribution in [0.2, 0.25) is 10.0 Å². The molecule has 2 atom stereocenters. The average molecular weight is 378 g/mol. The molecule has 2 rings (SSSR count). The van der Waals surface area contributed by atoms with Gasteiger partial charge in [-0.25, -0.2) is 4.68 Å². The number of nitrogens with two attached hydrogens (primary N) is 1. The highest BCUT2D eigenvalue weighted by Crippen LogP contribution is 2.22. The monoisotopic (exact) mass is 376 g/mol. The molecular formula is C15H19Cl3N4O.